The van der Waals surface area contributed by atoms with Gasteiger partial charge in [0.2, 0.25) is 0 Å². The minimum atomic E-state index is -4.24. The topological polar surface area (TPSA) is 145 Å². The van der Waals surface area contributed by atoms with Crippen molar-refractivity contribution in [2.24, 2.45) is 0 Å². The van der Waals surface area contributed by atoms with Crippen LogP contribution in [-0.2, 0) is 20.0 Å². The van der Waals surface area contributed by atoms with E-state index < -0.39 is 25.0 Å². The molecule has 0 spiro atoms. The maximum atomic E-state index is 13.0. The zero-order valence-electron chi connectivity index (χ0n) is 17.9. The van der Waals surface area contributed by atoms with Crippen LogP contribution in [0.2, 0.25) is 0 Å². The number of non-ortho nitro benzene ring substituents is 1. The van der Waals surface area contributed by atoms with Crippen molar-refractivity contribution in [3.8, 4) is 5.75 Å². The van der Waals surface area contributed by atoms with Crippen LogP contribution in [0.25, 0.3) is 0 Å². The van der Waals surface area contributed by atoms with E-state index in [1.165, 1.54) is 50.4 Å². The van der Waals surface area contributed by atoms with Gasteiger partial charge in [-0.1, -0.05) is 24.3 Å². The molecule has 0 saturated heterocycles. The van der Waals surface area contributed by atoms with Crippen molar-refractivity contribution in [2.45, 2.75) is 23.6 Å². The summed E-state index contributed by atoms with van der Waals surface area (Å²) in [5, 5.41) is 11.1. The third-order valence-electron chi connectivity index (χ3n) is 4.79. The van der Waals surface area contributed by atoms with Gasteiger partial charge in [-0.15, -0.1) is 0 Å². The summed E-state index contributed by atoms with van der Waals surface area (Å²) in [5.41, 5.74) is 0.610. The van der Waals surface area contributed by atoms with E-state index in [-0.39, 0.29) is 26.9 Å². The minimum Gasteiger partial charge on any atom is -0.495 e. The molecule has 0 heterocycles. The number of aryl methyl sites for hydroxylation is 2. The van der Waals surface area contributed by atoms with Crippen molar-refractivity contribution in [3.05, 3.63) is 81.9 Å². The van der Waals surface area contributed by atoms with Crippen LogP contribution in [0.4, 0.5) is 17.1 Å². The predicted molar refractivity (Wildman–Crippen MR) is 124 cm³/mol. The van der Waals surface area contributed by atoms with Gasteiger partial charge in [0.1, 0.15) is 5.75 Å². The molecule has 174 valence electrons. The number of anilines is 2. The van der Waals surface area contributed by atoms with Crippen molar-refractivity contribution >= 4 is 37.1 Å². The molecule has 12 heteroatoms. The number of nitro benzene ring substituents is 1. The normalized spacial score (nSPS) is 11.6. The second-order valence-electron chi connectivity index (χ2n) is 7.09. The number of ether oxygens (including phenoxy) is 1. The molecule has 0 amide bonds. The fourth-order valence-corrected chi connectivity index (χ4v) is 5.49. The number of nitrogens with one attached hydrogen (secondary N) is 2. The molecule has 0 aliphatic heterocycles. The maximum Gasteiger partial charge on any atom is 0.270 e. The lowest BCUT2D eigenvalue weighted by Crippen LogP contribution is -2.17. The number of sulfonamides is 2. The molecular formula is C21H21N3O7S2. The van der Waals surface area contributed by atoms with Crippen LogP contribution in [0, 0.1) is 24.0 Å². The zero-order chi connectivity index (χ0) is 24.4. The van der Waals surface area contributed by atoms with Crippen molar-refractivity contribution in [1.29, 1.82) is 0 Å². The Kier molecular flexibility index (Phi) is 6.60. The first-order chi connectivity index (χ1) is 15.4. The van der Waals surface area contributed by atoms with Crippen LogP contribution >= 0.6 is 0 Å². The lowest BCUT2D eigenvalue weighted by molar-refractivity contribution is -0.385. The molecule has 2 N–H and O–H groups in total. The zero-order valence-corrected chi connectivity index (χ0v) is 19.5. The quantitative estimate of drug-likeness (QED) is 0.360. The average molecular weight is 492 g/mol. The van der Waals surface area contributed by atoms with Gasteiger partial charge in [0.05, 0.1) is 33.2 Å². The van der Waals surface area contributed by atoms with Crippen LogP contribution in [0.3, 0.4) is 0 Å². The van der Waals surface area contributed by atoms with E-state index in [0.717, 1.165) is 6.07 Å². The van der Waals surface area contributed by atoms with E-state index in [9.17, 15) is 26.9 Å². The molecule has 0 unspecified atom stereocenters. The molecule has 33 heavy (non-hydrogen) atoms. The van der Waals surface area contributed by atoms with Gasteiger partial charge in [-0.3, -0.25) is 19.6 Å². The number of nitro groups is 1. The van der Waals surface area contributed by atoms with Gasteiger partial charge in [0.15, 0.2) is 0 Å². The Morgan fingerprint density at radius 2 is 1.45 bits per heavy atom. The van der Waals surface area contributed by atoms with Gasteiger partial charge in [-0.2, -0.15) is 0 Å². The molecule has 3 aromatic carbocycles. The largest absolute Gasteiger partial charge is 0.495 e. The SMILES string of the molecule is COc1ccccc1NS(=O)(=O)c1ccc(C)c(NS(=O)(=O)c2cc([N+](=O)[O-])ccc2C)c1. The van der Waals surface area contributed by atoms with E-state index in [2.05, 4.69) is 9.44 Å². The Balaban J connectivity index is 1.98. The lowest BCUT2D eigenvalue weighted by atomic mass is 10.2. The Morgan fingerprint density at radius 1 is 0.818 bits per heavy atom. The Morgan fingerprint density at radius 3 is 2.12 bits per heavy atom. The first-order valence-corrected chi connectivity index (χ1v) is 12.5. The number of nitrogens with zero attached hydrogens (tertiary/aromatic N) is 1. The first kappa shape index (κ1) is 24.0. The van der Waals surface area contributed by atoms with Crippen molar-refractivity contribution in [1.82, 2.24) is 0 Å². The monoisotopic (exact) mass is 491 g/mol. The Labute approximate surface area is 191 Å². The number of rotatable bonds is 8. The van der Waals surface area contributed by atoms with Crippen molar-refractivity contribution in [3.63, 3.8) is 0 Å². The van der Waals surface area contributed by atoms with Crippen LogP contribution in [-0.4, -0.2) is 28.9 Å². The highest BCUT2D eigenvalue weighted by molar-refractivity contribution is 7.93. The third kappa shape index (κ3) is 5.23. The third-order valence-corrected chi connectivity index (χ3v) is 7.66. The summed E-state index contributed by atoms with van der Waals surface area (Å²) in [7, 11) is -6.93. The summed E-state index contributed by atoms with van der Waals surface area (Å²) in [6.45, 7) is 3.10. The van der Waals surface area contributed by atoms with Gasteiger partial charge in [0, 0.05) is 12.1 Å². The molecule has 0 saturated carbocycles. The Bertz CT molecular complexity index is 1440. The first-order valence-electron chi connectivity index (χ1n) is 9.49. The second-order valence-corrected chi connectivity index (χ2v) is 10.4. The molecular weight excluding hydrogens is 470 g/mol. The molecule has 0 aromatic heterocycles. The number of methoxy groups -OCH3 is 1. The summed E-state index contributed by atoms with van der Waals surface area (Å²) in [6.07, 6.45) is 0. The molecule has 0 bridgehead atoms. The molecule has 0 fully saturated rings. The summed E-state index contributed by atoms with van der Waals surface area (Å²) >= 11 is 0. The van der Waals surface area contributed by atoms with Gasteiger partial charge in [0.25, 0.3) is 25.7 Å². The van der Waals surface area contributed by atoms with Crippen LogP contribution in [0.15, 0.2) is 70.5 Å². The number of benzene rings is 3. The highest BCUT2D eigenvalue weighted by atomic mass is 32.2. The lowest BCUT2D eigenvalue weighted by Gasteiger charge is -2.15. The molecule has 0 atom stereocenters. The van der Waals surface area contributed by atoms with Crippen LogP contribution in [0.5, 0.6) is 5.75 Å². The van der Waals surface area contributed by atoms with E-state index in [1.54, 1.807) is 25.1 Å². The molecule has 0 aliphatic carbocycles. The summed E-state index contributed by atoms with van der Waals surface area (Å²) in [5.74, 6) is 0.315. The summed E-state index contributed by atoms with van der Waals surface area (Å²) < 4.78 is 61.7. The van der Waals surface area contributed by atoms with Crippen molar-refractivity contribution in [2.75, 3.05) is 16.6 Å². The Hall–Kier alpha value is -3.64. The molecule has 3 rings (SSSR count). The average Bonchev–Trinajstić information content (AvgIpc) is 2.75. The number of para-hydroxylation sites is 2. The molecule has 0 radical (unpaired) electrons. The smallest absolute Gasteiger partial charge is 0.270 e. The van der Waals surface area contributed by atoms with Gasteiger partial charge in [-0.25, -0.2) is 16.8 Å². The minimum absolute atomic E-state index is 0.0174. The molecule has 10 nitrogen and oxygen atoms in total. The standard InChI is InChI=1S/C21H21N3O7S2/c1-14-9-11-17(32(27,28)22-18-6-4-5-7-20(18)31-3)13-19(14)23-33(29,30)21-12-16(24(25)26)10-8-15(21)2/h4-13,22-23H,1-3H3. The molecule has 0 aliphatic rings. The van der Waals surface area contributed by atoms with Crippen LogP contribution in [0.1, 0.15) is 11.1 Å². The van der Waals surface area contributed by atoms with Crippen molar-refractivity contribution < 1.29 is 26.5 Å². The van der Waals surface area contributed by atoms with Gasteiger partial charge < -0.3 is 4.74 Å². The van der Waals surface area contributed by atoms with E-state index in [0.29, 0.717) is 16.9 Å². The summed E-state index contributed by atoms with van der Waals surface area (Å²) in [4.78, 5) is 9.90. The molecule has 3 aromatic rings. The fraction of sp³-hybridized carbons (Fsp3) is 0.143. The van der Waals surface area contributed by atoms with E-state index in [1.807, 2.05) is 0 Å². The van der Waals surface area contributed by atoms with E-state index >= 15 is 0 Å². The maximum absolute atomic E-state index is 13.0. The number of hydrogen-bond donors (Lipinski definition) is 2. The van der Waals surface area contributed by atoms with Gasteiger partial charge >= 0.3 is 0 Å². The van der Waals surface area contributed by atoms with Gasteiger partial charge in [-0.05, 0) is 49.2 Å². The van der Waals surface area contributed by atoms with E-state index in [4.69, 9.17) is 4.74 Å². The number of hydrogen-bond acceptors (Lipinski definition) is 7. The highest BCUT2D eigenvalue weighted by Gasteiger charge is 2.23. The van der Waals surface area contributed by atoms with Crippen LogP contribution < -0.4 is 14.2 Å². The highest BCUT2D eigenvalue weighted by Crippen LogP contribution is 2.29. The second kappa shape index (κ2) is 9.08. The fourth-order valence-electron chi connectivity index (χ4n) is 3.00. The predicted octanol–water partition coefficient (Wildman–Crippen LogP) is 3.82. The summed E-state index contributed by atoms with van der Waals surface area (Å²) in [6, 6.07) is 13.9.